The van der Waals surface area contributed by atoms with Gasteiger partial charge in [0, 0.05) is 61.6 Å². The van der Waals surface area contributed by atoms with Crippen LogP contribution in [0.5, 0.6) is 0 Å². The van der Waals surface area contributed by atoms with Crippen molar-refractivity contribution >= 4 is 32.8 Å². The van der Waals surface area contributed by atoms with E-state index in [0.29, 0.717) is 5.92 Å². The van der Waals surface area contributed by atoms with E-state index in [-0.39, 0.29) is 6.04 Å². The lowest BCUT2D eigenvalue weighted by molar-refractivity contribution is 0.0553. The molecular formula is C30H30N6O. The Kier molecular flexibility index (Phi) is 5.15. The standard InChI is InChI=1S/C30H30N6O/c1-19-29(35(3)33-32-19)22-17-26-28(31-18-22)27-23-11-14-34(2)24(23)9-10-25(27)36(26)30(20-7-5-4-6-8-20)21-12-15-37-16-13-21/h4-11,14,17-18,21,30H,12-13,15-16H2,1-3H3/t30-/m1/s1. The van der Waals surface area contributed by atoms with Crippen LogP contribution in [0.15, 0.2) is 67.0 Å². The van der Waals surface area contributed by atoms with Gasteiger partial charge < -0.3 is 13.9 Å². The van der Waals surface area contributed by atoms with Crippen LogP contribution in [-0.4, -0.2) is 42.3 Å². The molecule has 4 aromatic heterocycles. The van der Waals surface area contributed by atoms with Crippen molar-refractivity contribution in [1.29, 1.82) is 0 Å². The average Bonchev–Trinajstić information content (AvgIpc) is 3.58. The topological polar surface area (TPSA) is 62.7 Å². The van der Waals surface area contributed by atoms with E-state index in [9.17, 15) is 0 Å². The zero-order valence-electron chi connectivity index (χ0n) is 21.4. The maximum absolute atomic E-state index is 5.79. The molecule has 6 aromatic rings. The molecule has 0 aliphatic carbocycles. The van der Waals surface area contributed by atoms with Crippen LogP contribution in [0.1, 0.15) is 30.1 Å². The summed E-state index contributed by atoms with van der Waals surface area (Å²) >= 11 is 0. The molecule has 1 atom stereocenters. The van der Waals surface area contributed by atoms with E-state index < -0.39 is 0 Å². The molecule has 0 radical (unpaired) electrons. The van der Waals surface area contributed by atoms with E-state index in [0.717, 1.165) is 54.0 Å². The first-order chi connectivity index (χ1) is 18.1. The molecule has 0 unspecified atom stereocenters. The first kappa shape index (κ1) is 22.2. The predicted molar refractivity (Wildman–Crippen MR) is 147 cm³/mol. The van der Waals surface area contributed by atoms with Crippen molar-refractivity contribution in [3.05, 3.63) is 78.2 Å². The Morgan fingerprint density at radius 2 is 1.73 bits per heavy atom. The molecule has 0 bridgehead atoms. The highest BCUT2D eigenvalue weighted by molar-refractivity contribution is 6.19. The Hall–Kier alpha value is -3.97. The second-order valence-corrected chi connectivity index (χ2v) is 10.2. The molecule has 2 aromatic carbocycles. The summed E-state index contributed by atoms with van der Waals surface area (Å²) < 4.78 is 12.4. The summed E-state index contributed by atoms with van der Waals surface area (Å²) in [4.78, 5) is 5.13. The fourth-order valence-corrected chi connectivity index (χ4v) is 6.35. The summed E-state index contributed by atoms with van der Waals surface area (Å²) in [6.45, 7) is 3.61. The molecule has 7 heteroatoms. The van der Waals surface area contributed by atoms with Crippen LogP contribution in [0.3, 0.4) is 0 Å². The van der Waals surface area contributed by atoms with Gasteiger partial charge in [-0.25, -0.2) is 4.68 Å². The molecule has 0 spiro atoms. The number of hydrogen-bond acceptors (Lipinski definition) is 4. The van der Waals surface area contributed by atoms with Gasteiger partial charge in [-0.3, -0.25) is 4.98 Å². The number of nitrogens with zero attached hydrogens (tertiary/aromatic N) is 6. The second kappa shape index (κ2) is 8.56. The zero-order valence-corrected chi connectivity index (χ0v) is 21.4. The van der Waals surface area contributed by atoms with Crippen LogP contribution < -0.4 is 0 Å². The smallest absolute Gasteiger partial charge is 0.0967 e. The van der Waals surface area contributed by atoms with Gasteiger partial charge in [-0.05, 0) is 55.5 Å². The summed E-state index contributed by atoms with van der Waals surface area (Å²) in [5, 5.41) is 11.0. The highest BCUT2D eigenvalue weighted by atomic mass is 16.5. The van der Waals surface area contributed by atoms with Gasteiger partial charge in [-0.2, -0.15) is 0 Å². The third-order valence-electron chi connectivity index (χ3n) is 8.07. The van der Waals surface area contributed by atoms with Crippen molar-refractivity contribution < 1.29 is 4.74 Å². The molecule has 37 heavy (non-hydrogen) atoms. The Labute approximate surface area is 215 Å². The molecule has 1 aliphatic rings. The molecule has 0 saturated carbocycles. The summed E-state index contributed by atoms with van der Waals surface area (Å²) in [7, 11) is 4.04. The van der Waals surface area contributed by atoms with E-state index in [1.807, 2.05) is 24.9 Å². The second-order valence-electron chi connectivity index (χ2n) is 10.2. The summed E-state index contributed by atoms with van der Waals surface area (Å²) in [6.07, 6.45) is 6.18. The molecule has 0 N–H and O–H groups in total. The maximum Gasteiger partial charge on any atom is 0.0967 e. The highest BCUT2D eigenvalue weighted by Crippen LogP contribution is 2.43. The largest absolute Gasteiger partial charge is 0.381 e. The van der Waals surface area contributed by atoms with Gasteiger partial charge in [0.2, 0.25) is 0 Å². The van der Waals surface area contributed by atoms with E-state index in [1.165, 1.54) is 27.4 Å². The van der Waals surface area contributed by atoms with Crippen LogP contribution in [0, 0.1) is 12.8 Å². The molecule has 1 saturated heterocycles. The summed E-state index contributed by atoms with van der Waals surface area (Å²) in [5.74, 6) is 0.463. The van der Waals surface area contributed by atoms with Gasteiger partial charge in [-0.1, -0.05) is 35.5 Å². The first-order valence-corrected chi connectivity index (χ1v) is 13.0. The fourth-order valence-electron chi connectivity index (χ4n) is 6.35. The zero-order chi connectivity index (χ0) is 25.1. The molecule has 7 nitrogen and oxygen atoms in total. The van der Waals surface area contributed by atoms with Gasteiger partial charge in [0.25, 0.3) is 0 Å². The third-order valence-corrected chi connectivity index (χ3v) is 8.07. The van der Waals surface area contributed by atoms with E-state index in [2.05, 4.69) is 87.3 Å². The first-order valence-electron chi connectivity index (χ1n) is 13.0. The van der Waals surface area contributed by atoms with Crippen LogP contribution in [0.2, 0.25) is 0 Å². The SMILES string of the molecule is Cc1nnn(C)c1-c1cnc2c3c4ccn(C)c4ccc3n([C@H](c3ccccc3)C3CCOCC3)c2c1. The quantitative estimate of drug-likeness (QED) is 0.313. The van der Waals surface area contributed by atoms with Gasteiger partial charge >= 0.3 is 0 Å². The molecule has 7 rings (SSSR count). The Bertz CT molecular complexity index is 1730. The van der Waals surface area contributed by atoms with Gasteiger partial charge in [0.15, 0.2) is 0 Å². The number of ether oxygens (including phenoxy) is 1. The van der Waals surface area contributed by atoms with E-state index in [1.54, 1.807) is 0 Å². The van der Waals surface area contributed by atoms with Crippen molar-refractivity contribution in [2.75, 3.05) is 13.2 Å². The number of pyridine rings is 1. The van der Waals surface area contributed by atoms with Crippen LogP contribution >= 0.6 is 0 Å². The van der Waals surface area contributed by atoms with Crippen molar-refractivity contribution in [2.45, 2.75) is 25.8 Å². The Morgan fingerprint density at radius 3 is 2.49 bits per heavy atom. The molecule has 5 heterocycles. The molecule has 186 valence electrons. The predicted octanol–water partition coefficient (Wildman–Crippen LogP) is 5.80. The van der Waals surface area contributed by atoms with Gasteiger partial charge in [0.1, 0.15) is 0 Å². The number of aryl methyl sites for hydroxylation is 3. The molecule has 1 fully saturated rings. The van der Waals surface area contributed by atoms with E-state index in [4.69, 9.17) is 9.72 Å². The number of fused-ring (bicyclic) bond motifs is 5. The van der Waals surface area contributed by atoms with E-state index >= 15 is 0 Å². The average molecular weight is 491 g/mol. The summed E-state index contributed by atoms with van der Waals surface area (Å²) in [5.41, 5.74) is 8.88. The monoisotopic (exact) mass is 490 g/mol. The van der Waals surface area contributed by atoms with Gasteiger partial charge in [-0.15, -0.1) is 5.10 Å². The normalized spacial score (nSPS) is 15.8. The lowest BCUT2D eigenvalue weighted by atomic mass is 9.86. The van der Waals surface area contributed by atoms with Crippen molar-refractivity contribution in [1.82, 2.24) is 29.1 Å². The molecular weight excluding hydrogens is 460 g/mol. The number of aromatic nitrogens is 6. The number of benzene rings is 2. The molecule has 1 aliphatic heterocycles. The number of hydrogen-bond donors (Lipinski definition) is 0. The van der Waals surface area contributed by atoms with Crippen LogP contribution in [-0.2, 0) is 18.8 Å². The van der Waals surface area contributed by atoms with Crippen molar-refractivity contribution in [3.63, 3.8) is 0 Å². The minimum atomic E-state index is 0.175. The van der Waals surface area contributed by atoms with Crippen LogP contribution in [0.25, 0.3) is 44.1 Å². The Balaban J connectivity index is 1.59. The minimum absolute atomic E-state index is 0.175. The van der Waals surface area contributed by atoms with Crippen LogP contribution in [0.4, 0.5) is 0 Å². The fraction of sp³-hybridized carbons (Fsp3) is 0.300. The van der Waals surface area contributed by atoms with Gasteiger partial charge in [0.05, 0.1) is 34.0 Å². The highest BCUT2D eigenvalue weighted by Gasteiger charge is 2.31. The third kappa shape index (κ3) is 3.41. The number of rotatable bonds is 4. The lowest BCUT2D eigenvalue weighted by Crippen LogP contribution is -2.26. The minimum Gasteiger partial charge on any atom is -0.381 e. The van der Waals surface area contributed by atoms with Crippen molar-refractivity contribution in [2.24, 2.45) is 20.0 Å². The molecule has 0 amide bonds. The Morgan fingerprint density at radius 1 is 0.946 bits per heavy atom. The maximum atomic E-state index is 5.79. The summed E-state index contributed by atoms with van der Waals surface area (Å²) in [6, 6.07) is 20.2. The van der Waals surface area contributed by atoms with Crippen molar-refractivity contribution in [3.8, 4) is 11.3 Å². The lowest BCUT2D eigenvalue weighted by Gasteiger charge is -2.33.